The fourth-order valence-electron chi connectivity index (χ4n) is 1.18. The number of aliphatic hydroxyl groups is 1. The molecule has 0 aromatic heterocycles. The summed E-state index contributed by atoms with van der Waals surface area (Å²) < 4.78 is 5.06. The van der Waals surface area contributed by atoms with Crippen LogP contribution in [0.25, 0.3) is 0 Å². The van der Waals surface area contributed by atoms with Crippen molar-refractivity contribution in [2.75, 3.05) is 20.7 Å². The maximum Gasteiger partial charge on any atom is 0.333 e. The summed E-state index contributed by atoms with van der Waals surface area (Å²) in [5, 5.41) is 9.27. The molecule has 4 nitrogen and oxygen atoms in total. The topological polar surface area (TPSA) is 51.0 Å². The van der Waals surface area contributed by atoms with Gasteiger partial charge in [0, 0.05) is 12.0 Å². The van der Waals surface area contributed by atoms with Crippen LogP contribution in [-0.4, -0.2) is 43.9 Å². The maximum atomic E-state index is 11.2. The first-order valence-corrected chi connectivity index (χ1v) is 5.15. The lowest BCUT2D eigenvalue weighted by Gasteiger charge is -2.22. The average molecular weight is 287 g/mol. The van der Waals surface area contributed by atoms with Gasteiger partial charge in [0.25, 0.3) is 0 Å². The molecular formula is C11H22Cl2NO3-. The number of quaternary nitrogens is 1. The van der Waals surface area contributed by atoms with Gasteiger partial charge < -0.3 is 39.6 Å². The van der Waals surface area contributed by atoms with E-state index in [1.54, 1.807) is 13.8 Å². The van der Waals surface area contributed by atoms with Gasteiger partial charge in [0.05, 0.1) is 20.2 Å². The van der Waals surface area contributed by atoms with Gasteiger partial charge in [-0.2, -0.15) is 0 Å². The van der Waals surface area contributed by atoms with E-state index in [1.807, 2.05) is 14.1 Å². The van der Waals surface area contributed by atoms with E-state index in [4.69, 9.17) is 4.74 Å². The molecule has 0 spiro atoms. The molecule has 2 N–H and O–H groups in total. The summed E-state index contributed by atoms with van der Waals surface area (Å²) in [6.07, 6.45) is 0.236. The molecule has 2 atom stereocenters. The highest BCUT2D eigenvalue weighted by atomic mass is 35.5. The monoisotopic (exact) mass is 286 g/mol. The Bertz CT molecular complexity index is 233. The molecule has 0 radical (unpaired) electrons. The Morgan fingerprint density at radius 2 is 1.88 bits per heavy atom. The molecule has 0 aromatic rings. The Balaban J connectivity index is -0.000000980. The minimum absolute atomic E-state index is 0. The molecule has 0 aliphatic rings. The number of carbonyl (C=O) groups excluding carboxylic acids is 1. The molecule has 0 amide bonds. The van der Waals surface area contributed by atoms with Crippen LogP contribution in [0.5, 0.6) is 0 Å². The minimum Gasteiger partial charge on any atom is -1.00 e. The number of ether oxygens (including phenoxy) is 1. The molecule has 0 heterocycles. The van der Waals surface area contributed by atoms with E-state index in [1.165, 1.54) is 0 Å². The second-order valence-electron chi connectivity index (χ2n) is 4.24. The summed E-state index contributed by atoms with van der Waals surface area (Å²) in [6.45, 7) is 7.18. The van der Waals surface area contributed by atoms with Crippen LogP contribution in [-0.2, 0) is 9.53 Å². The van der Waals surface area contributed by atoms with Crippen molar-refractivity contribution in [3.8, 4) is 0 Å². The number of nitrogens with one attached hydrogen (secondary N) is 1. The predicted molar refractivity (Wildman–Crippen MR) is 58.7 cm³/mol. The van der Waals surface area contributed by atoms with Gasteiger partial charge in [-0.15, -0.1) is 0 Å². The van der Waals surface area contributed by atoms with Gasteiger partial charge in [-0.3, -0.25) is 0 Å². The Morgan fingerprint density at radius 1 is 1.41 bits per heavy atom. The molecular weight excluding hydrogens is 265 g/mol. The van der Waals surface area contributed by atoms with Crippen molar-refractivity contribution >= 4 is 5.97 Å². The second kappa shape index (κ2) is 10.8. The van der Waals surface area contributed by atoms with Crippen LogP contribution in [0.15, 0.2) is 12.2 Å². The van der Waals surface area contributed by atoms with Gasteiger partial charge in [-0.1, -0.05) is 6.58 Å². The van der Waals surface area contributed by atoms with E-state index in [-0.39, 0.29) is 42.9 Å². The van der Waals surface area contributed by atoms with Crippen LogP contribution in [0.4, 0.5) is 0 Å². The van der Waals surface area contributed by atoms with Crippen LogP contribution >= 0.6 is 0 Å². The summed E-state index contributed by atoms with van der Waals surface area (Å²) in [6, 6.07) is 0.119. The highest BCUT2D eigenvalue weighted by Crippen LogP contribution is 1.98. The van der Waals surface area contributed by atoms with Crippen molar-refractivity contribution in [2.45, 2.75) is 32.4 Å². The van der Waals surface area contributed by atoms with Crippen LogP contribution in [0.3, 0.4) is 0 Å². The first-order chi connectivity index (χ1) is 6.84. The van der Waals surface area contributed by atoms with Crippen molar-refractivity contribution in [3.05, 3.63) is 12.2 Å². The maximum absolute atomic E-state index is 11.2. The predicted octanol–water partition coefficient (Wildman–Crippen LogP) is -6.60. The number of hydrogen-bond donors (Lipinski definition) is 2. The largest absolute Gasteiger partial charge is 1.00 e. The van der Waals surface area contributed by atoms with E-state index in [0.29, 0.717) is 18.6 Å². The van der Waals surface area contributed by atoms with E-state index in [0.717, 1.165) is 4.90 Å². The zero-order valence-electron chi connectivity index (χ0n) is 10.8. The standard InChI is InChI=1S/C11H21NO3.2ClH/c1-8(2)11(14)15-7-10(12(4)5)6-9(3)13;;/h9-10,13H,1,6-7H2,2-5H3;2*1H/p-1. The molecule has 0 saturated heterocycles. The molecule has 0 saturated carbocycles. The summed E-state index contributed by atoms with van der Waals surface area (Å²) >= 11 is 0. The molecule has 104 valence electrons. The van der Waals surface area contributed by atoms with Crippen LogP contribution in [0.1, 0.15) is 20.3 Å². The summed E-state index contributed by atoms with van der Waals surface area (Å²) in [7, 11) is 3.95. The van der Waals surface area contributed by atoms with Gasteiger partial charge >= 0.3 is 5.97 Å². The summed E-state index contributed by atoms with van der Waals surface area (Å²) in [5.41, 5.74) is 0.402. The number of rotatable bonds is 6. The third-order valence-corrected chi connectivity index (χ3v) is 2.21. The van der Waals surface area contributed by atoms with Crippen molar-refractivity contribution in [1.29, 1.82) is 0 Å². The highest BCUT2D eigenvalue weighted by molar-refractivity contribution is 5.86. The molecule has 17 heavy (non-hydrogen) atoms. The van der Waals surface area contributed by atoms with Gasteiger partial charge in [0.15, 0.2) is 0 Å². The van der Waals surface area contributed by atoms with E-state index in [2.05, 4.69) is 6.58 Å². The number of halogens is 2. The number of hydrogen-bond acceptors (Lipinski definition) is 3. The van der Waals surface area contributed by atoms with Crippen molar-refractivity contribution in [1.82, 2.24) is 0 Å². The van der Waals surface area contributed by atoms with Crippen LogP contribution in [0, 0.1) is 0 Å². The number of esters is 1. The quantitative estimate of drug-likeness (QED) is 0.377. The highest BCUT2D eigenvalue weighted by Gasteiger charge is 2.19. The van der Waals surface area contributed by atoms with Gasteiger partial charge in [-0.05, 0) is 13.8 Å². The lowest BCUT2D eigenvalue weighted by molar-refractivity contribution is -0.886. The third-order valence-electron chi connectivity index (χ3n) is 2.21. The molecule has 2 unspecified atom stereocenters. The lowest BCUT2D eigenvalue weighted by atomic mass is 10.1. The molecule has 0 bridgehead atoms. The van der Waals surface area contributed by atoms with Crippen LogP contribution in [0.2, 0.25) is 0 Å². The Labute approximate surface area is 116 Å². The third kappa shape index (κ3) is 10.6. The first kappa shape index (κ1) is 21.9. The van der Waals surface area contributed by atoms with Gasteiger partial charge in [0.1, 0.15) is 12.6 Å². The number of aliphatic hydroxyl groups excluding tert-OH is 1. The number of carbonyl (C=O) groups is 1. The molecule has 0 aromatic carbocycles. The molecule has 0 rings (SSSR count). The Morgan fingerprint density at radius 3 is 2.18 bits per heavy atom. The SMILES string of the molecule is C=C(C)C(=O)OCC(CC(C)O)[NH+](C)C.[Cl-].[Cl-]. The average Bonchev–Trinajstić information content (AvgIpc) is 2.10. The Kier molecular flexibility index (Phi) is 14.0. The first-order valence-electron chi connectivity index (χ1n) is 5.15. The molecule has 0 aliphatic carbocycles. The minimum atomic E-state index is -0.381. The zero-order valence-corrected chi connectivity index (χ0v) is 12.3. The number of likely N-dealkylation sites (N-methyl/N-ethyl adjacent to an activating group) is 1. The fraction of sp³-hybridized carbons (Fsp3) is 0.727. The molecule has 0 fully saturated rings. The summed E-state index contributed by atoms with van der Waals surface area (Å²) in [5.74, 6) is -0.369. The van der Waals surface area contributed by atoms with Gasteiger partial charge in [-0.25, -0.2) is 4.79 Å². The van der Waals surface area contributed by atoms with E-state index in [9.17, 15) is 9.90 Å². The lowest BCUT2D eigenvalue weighted by Crippen LogP contribution is -3.10. The van der Waals surface area contributed by atoms with Gasteiger partial charge in [0.2, 0.25) is 0 Å². The fourth-order valence-corrected chi connectivity index (χ4v) is 1.18. The van der Waals surface area contributed by atoms with Crippen LogP contribution < -0.4 is 29.7 Å². The van der Waals surface area contributed by atoms with Crippen molar-refractivity contribution in [3.63, 3.8) is 0 Å². The second-order valence-corrected chi connectivity index (χ2v) is 4.24. The normalized spacial score (nSPS) is 13.1. The van der Waals surface area contributed by atoms with E-state index < -0.39 is 0 Å². The van der Waals surface area contributed by atoms with Crippen molar-refractivity contribution in [2.24, 2.45) is 0 Å². The van der Waals surface area contributed by atoms with E-state index >= 15 is 0 Å². The zero-order chi connectivity index (χ0) is 12.0. The summed E-state index contributed by atoms with van der Waals surface area (Å²) in [4.78, 5) is 12.3. The molecule has 0 aliphatic heterocycles. The van der Waals surface area contributed by atoms with Crippen molar-refractivity contribution < 1.29 is 44.4 Å². The smallest absolute Gasteiger partial charge is 0.333 e. The molecule has 6 heteroatoms. The Hall–Kier alpha value is -0.290.